The van der Waals surface area contributed by atoms with Gasteiger partial charge in [0.1, 0.15) is 5.75 Å². The number of fused-ring (bicyclic) bond motifs is 4. The van der Waals surface area contributed by atoms with Crippen molar-refractivity contribution in [1.82, 2.24) is 19.6 Å². The number of imidazole rings is 1. The number of rotatable bonds is 3. The van der Waals surface area contributed by atoms with Gasteiger partial charge in [0.05, 0.1) is 23.8 Å². The highest BCUT2D eigenvalue weighted by molar-refractivity contribution is 5.83. The van der Waals surface area contributed by atoms with Crippen LogP contribution in [-0.2, 0) is 0 Å². The van der Waals surface area contributed by atoms with Gasteiger partial charge in [-0.05, 0) is 12.1 Å². The molecule has 8 nitrogen and oxygen atoms in total. The van der Waals surface area contributed by atoms with Gasteiger partial charge in [-0.15, -0.1) is 0 Å². The van der Waals surface area contributed by atoms with Crippen LogP contribution in [0.3, 0.4) is 0 Å². The first-order valence-corrected chi connectivity index (χ1v) is 7.40. The molecule has 2 N–H and O–H groups in total. The van der Waals surface area contributed by atoms with Gasteiger partial charge < -0.3 is 19.5 Å². The second-order valence-electron chi connectivity index (χ2n) is 5.34. The van der Waals surface area contributed by atoms with E-state index in [0.717, 1.165) is 22.5 Å². The molecule has 120 valence electrons. The molecule has 0 saturated heterocycles. The summed E-state index contributed by atoms with van der Waals surface area (Å²) in [5.41, 5.74) is 2.48. The lowest BCUT2D eigenvalue weighted by Crippen LogP contribution is -1.96. The monoisotopic (exact) mass is 323 g/mol. The van der Waals surface area contributed by atoms with Crippen molar-refractivity contribution < 1.29 is 14.2 Å². The Morgan fingerprint density at radius 2 is 2.00 bits per heavy atom. The molecule has 0 atom stereocenters. The predicted octanol–water partition coefficient (Wildman–Crippen LogP) is 2.69. The molecule has 1 aliphatic heterocycles. The Morgan fingerprint density at radius 1 is 1.17 bits per heavy atom. The second-order valence-corrected chi connectivity index (χ2v) is 5.34. The minimum absolute atomic E-state index is 0.235. The van der Waals surface area contributed by atoms with Gasteiger partial charge in [0, 0.05) is 12.1 Å². The molecular formula is C16H13N5O3. The summed E-state index contributed by atoms with van der Waals surface area (Å²) in [7, 11) is 1.63. The maximum atomic E-state index is 5.43. The summed E-state index contributed by atoms with van der Waals surface area (Å²) < 4.78 is 17.9. The van der Waals surface area contributed by atoms with Crippen molar-refractivity contribution >= 4 is 28.4 Å². The molecular weight excluding hydrogens is 310 g/mol. The number of hydrogen-bond acceptors (Lipinski definition) is 6. The average molecular weight is 323 g/mol. The highest BCUT2D eigenvalue weighted by Gasteiger charge is 2.18. The summed E-state index contributed by atoms with van der Waals surface area (Å²) in [6.45, 7) is 0.235. The number of aromatic nitrogens is 4. The minimum atomic E-state index is 0.235. The van der Waals surface area contributed by atoms with Crippen LogP contribution >= 0.6 is 0 Å². The normalized spacial score (nSPS) is 12.9. The van der Waals surface area contributed by atoms with Crippen molar-refractivity contribution in [1.29, 1.82) is 0 Å². The van der Waals surface area contributed by atoms with Crippen molar-refractivity contribution in [2.45, 2.75) is 0 Å². The van der Waals surface area contributed by atoms with Crippen molar-refractivity contribution in [3.8, 4) is 17.2 Å². The molecule has 0 bridgehead atoms. The van der Waals surface area contributed by atoms with E-state index in [9.17, 15) is 0 Å². The van der Waals surface area contributed by atoms with Crippen LogP contribution in [0, 0.1) is 0 Å². The quantitative estimate of drug-likeness (QED) is 0.603. The standard InChI is InChI=1S/C16H13N5O3/c1-22-12-5-3-2-4-9(12)17-15-19-16-18-10-6-13-14(24-8-23-13)7-11(10)21(16)20-15/h2-7H,8H2,1H3,(H2,17,18,19,20). The van der Waals surface area contributed by atoms with Crippen LogP contribution in [0.4, 0.5) is 11.6 Å². The number of nitrogens with zero attached hydrogens (tertiary/aromatic N) is 3. The van der Waals surface area contributed by atoms with Gasteiger partial charge in [-0.25, -0.2) is 9.50 Å². The van der Waals surface area contributed by atoms with Crippen LogP contribution in [0.2, 0.25) is 0 Å². The van der Waals surface area contributed by atoms with Gasteiger partial charge in [0.15, 0.2) is 11.5 Å². The molecule has 0 fully saturated rings. The van der Waals surface area contributed by atoms with E-state index in [4.69, 9.17) is 14.2 Å². The third kappa shape index (κ3) is 1.86. The van der Waals surface area contributed by atoms with E-state index < -0.39 is 0 Å². The summed E-state index contributed by atoms with van der Waals surface area (Å²) in [6.07, 6.45) is 0. The third-order valence-corrected chi connectivity index (χ3v) is 3.92. The number of anilines is 2. The number of nitrogens with one attached hydrogen (secondary N) is 2. The lowest BCUT2D eigenvalue weighted by atomic mass is 10.3. The molecule has 0 amide bonds. The maximum absolute atomic E-state index is 5.43. The van der Waals surface area contributed by atoms with E-state index in [1.165, 1.54) is 0 Å². The highest BCUT2D eigenvalue weighted by atomic mass is 16.7. The first kappa shape index (κ1) is 13.1. The Kier molecular flexibility index (Phi) is 2.60. The number of ether oxygens (including phenoxy) is 3. The highest BCUT2D eigenvalue weighted by Crippen LogP contribution is 2.36. The predicted molar refractivity (Wildman–Crippen MR) is 87.2 cm³/mol. The molecule has 0 unspecified atom stereocenters. The summed E-state index contributed by atoms with van der Waals surface area (Å²) in [5.74, 6) is 3.28. The summed E-state index contributed by atoms with van der Waals surface area (Å²) in [5, 5.41) is 6.40. The lowest BCUT2D eigenvalue weighted by molar-refractivity contribution is 0.174. The molecule has 1 aliphatic rings. The van der Waals surface area contributed by atoms with Gasteiger partial charge >= 0.3 is 0 Å². The molecule has 0 radical (unpaired) electrons. The maximum Gasteiger partial charge on any atom is 0.253 e. The fourth-order valence-corrected chi connectivity index (χ4v) is 2.80. The zero-order valence-electron chi connectivity index (χ0n) is 12.7. The van der Waals surface area contributed by atoms with Gasteiger partial charge in [-0.3, -0.25) is 5.10 Å². The molecule has 24 heavy (non-hydrogen) atoms. The number of H-pyrrole nitrogens is 1. The van der Waals surface area contributed by atoms with Gasteiger partial charge in [-0.1, -0.05) is 12.1 Å². The van der Waals surface area contributed by atoms with Gasteiger partial charge in [-0.2, -0.15) is 4.98 Å². The van der Waals surface area contributed by atoms with E-state index in [-0.39, 0.29) is 6.79 Å². The summed E-state index contributed by atoms with van der Waals surface area (Å²) in [4.78, 5) is 8.98. The van der Waals surface area contributed by atoms with Crippen molar-refractivity contribution in [3.05, 3.63) is 36.4 Å². The van der Waals surface area contributed by atoms with Gasteiger partial charge in [0.2, 0.25) is 12.7 Å². The van der Waals surface area contributed by atoms with E-state index >= 15 is 0 Å². The SMILES string of the molecule is COc1ccccc1Nc1nc2nc3cc4c(cc3n2[nH]1)OCO4. The Bertz CT molecular complexity index is 1070. The molecule has 0 spiro atoms. The molecule has 8 heteroatoms. The number of methoxy groups -OCH3 is 1. The molecule has 2 aromatic heterocycles. The van der Waals surface area contributed by atoms with Crippen molar-refractivity contribution in [3.63, 3.8) is 0 Å². The molecule has 0 saturated carbocycles. The van der Waals surface area contributed by atoms with Crippen LogP contribution in [-0.4, -0.2) is 33.5 Å². The first-order valence-electron chi connectivity index (χ1n) is 7.40. The second kappa shape index (κ2) is 4.79. The molecule has 5 rings (SSSR count). The largest absolute Gasteiger partial charge is 0.495 e. The third-order valence-electron chi connectivity index (χ3n) is 3.92. The Hall–Kier alpha value is -3.42. The summed E-state index contributed by atoms with van der Waals surface area (Å²) >= 11 is 0. The Balaban J connectivity index is 1.58. The molecule has 3 heterocycles. The number of hydrogen-bond donors (Lipinski definition) is 2. The molecule has 4 aromatic rings. The zero-order chi connectivity index (χ0) is 16.1. The fraction of sp³-hybridized carbons (Fsp3) is 0.125. The molecule has 2 aromatic carbocycles. The average Bonchev–Trinajstić information content (AvgIpc) is 3.27. The number of para-hydroxylation sites is 2. The topological polar surface area (TPSA) is 85.7 Å². The zero-order valence-corrected chi connectivity index (χ0v) is 12.7. The van der Waals surface area contributed by atoms with Crippen LogP contribution in [0.25, 0.3) is 16.8 Å². The van der Waals surface area contributed by atoms with E-state index in [1.807, 2.05) is 36.4 Å². The van der Waals surface area contributed by atoms with E-state index in [0.29, 0.717) is 23.2 Å². The lowest BCUT2D eigenvalue weighted by Gasteiger charge is -2.07. The van der Waals surface area contributed by atoms with Crippen LogP contribution in [0.5, 0.6) is 17.2 Å². The smallest absolute Gasteiger partial charge is 0.253 e. The van der Waals surface area contributed by atoms with Gasteiger partial charge in [0.25, 0.3) is 5.78 Å². The van der Waals surface area contributed by atoms with Crippen molar-refractivity contribution in [2.75, 3.05) is 19.2 Å². The Labute approximate surface area is 136 Å². The molecule has 0 aliphatic carbocycles. The van der Waals surface area contributed by atoms with E-state index in [2.05, 4.69) is 20.4 Å². The summed E-state index contributed by atoms with van der Waals surface area (Å²) in [6, 6.07) is 11.4. The van der Waals surface area contributed by atoms with E-state index in [1.54, 1.807) is 11.6 Å². The number of benzene rings is 2. The Morgan fingerprint density at radius 3 is 2.88 bits per heavy atom. The van der Waals surface area contributed by atoms with Crippen molar-refractivity contribution in [2.24, 2.45) is 0 Å². The van der Waals surface area contributed by atoms with Crippen LogP contribution in [0.1, 0.15) is 0 Å². The van der Waals surface area contributed by atoms with Crippen LogP contribution < -0.4 is 19.5 Å². The number of aromatic amines is 1. The van der Waals surface area contributed by atoms with Crippen LogP contribution in [0.15, 0.2) is 36.4 Å². The fourth-order valence-electron chi connectivity index (χ4n) is 2.80. The minimum Gasteiger partial charge on any atom is -0.495 e. The first-order chi connectivity index (χ1) is 11.8.